The van der Waals surface area contributed by atoms with E-state index in [0.717, 1.165) is 0 Å². The fraction of sp³-hybridized carbons (Fsp3) is 0.917. The predicted molar refractivity (Wildman–Crippen MR) is 63.7 cm³/mol. The molecule has 0 heterocycles. The quantitative estimate of drug-likeness (QED) is 0.546. The topological polar surface area (TPSA) is 98.0 Å². The highest BCUT2D eigenvalue weighted by molar-refractivity contribution is 5.67. The van der Waals surface area contributed by atoms with Crippen molar-refractivity contribution in [3.8, 4) is 0 Å². The number of carbonyl (C=O) groups is 1. The van der Waals surface area contributed by atoms with Crippen LogP contribution in [0.4, 0.5) is 13.2 Å². The molecule has 4 N–H and O–H groups in total. The molecule has 120 valence electrons. The second-order valence-electron chi connectivity index (χ2n) is 6.03. The highest BCUT2D eigenvalue weighted by atomic mass is 19.2. The maximum absolute atomic E-state index is 13.4. The minimum absolute atomic E-state index is 0.698. The van der Waals surface area contributed by atoms with Gasteiger partial charge in [-0.25, -0.2) is 13.2 Å². The highest BCUT2D eigenvalue weighted by Crippen LogP contribution is 2.46. The Balaban J connectivity index is 5.56. The zero-order valence-electron chi connectivity index (χ0n) is 11.7. The van der Waals surface area contributed by atoms with Gasteiger partial charge in [0.05, 0.1) is 6.42 Å². The molecule has 0 aliphatic carbocycles. The van der Waals surface area contributed by atoms with Crippen LogP contribution in [0.1, 0.15) is 46.5 Å². The van der Waals surface area contributed by atoms with E-state index in [0.29, 0.717) is 20.8 Å². The van der Waals surface area contributed by atoms with E-state index in [1.807, 2.05) is 0 Å². The van der Waals surface area contributed by atoms with Crippen molar-refractivity contribution in [2.45, 2.75) is 64.0 Å². The summed E-state index contributed by atoms with van der Waals surface area (Å²) in [6.45, 7) is 2.09. The van der Waals surface area contributed by atoms with Gasteiger partial charge >= 0.3 is 5.97 Å². The molecule has 20 heavy (non-hydrogen) atoms. The fourth-order valence-electron chi connectivity index (χ4n) is 2.75. The summed E-state index contributed by atoms with van der Waals surface area (Å²) in [5.74, 6) is -10.2. The van der Waals surface area contributed by atoms with Crippen LogP contribution in [0.2, 0.25) is 0 Å². The molecule has 0 aromatic carbocycles. The van der Waals surface area contributed by atoms with E-state index in [4.69, 9.17) is 5.11 Å². The van der Waals surface area contributed by atoms with Gasteiger partial charge in [-0.3, -0.25) is 4.79 Å². The molecule has 0 unspecified atom stereocenters. The normalized spacial score (nSPS) is 21.6. The van der Waals surface area contributed by atoms with Crippen LogP contribution in [0.5, 0.6) is 0 Å². The van der Waals surface area contributed by atoms with E-state index in [9.17, 15) is 33.3 Å². The van der Waals surface area contributed by atoms with Crippen molar-refractivity contribution in [1.29, 1.82) is 0 Å². The Kier molecular flexibility index (Phi) is 5.61. The van der Waals surface area contributed by atoms with Crippen molar-refractivity contribution in [3.05, 3.63) is 0 Å². The van der Waals surface area contributed by atoms with Gasteiger partial charge in [0.15, 0.2) is 0 Å². The van der Waals surface area contributed by atoms with Crippen molar-refractivity contribution in [1.82, 2.24) is 0 Å². The second-order valence-corrected chi connectivity index (χ2v) is 6.03. The molecule has 0 fully saturated rings. The van der Waals surface area contributed by atoms with Crippen LogP contribution in [0.3, 0.4) is 0 Å². The van der Waals surface area contributed by atoms with Crippen molar-refractivity contribution < 1.29 is 38.4 Å². The summed E-state index contributed by atoms with van der Waals surface area (Å²) in [4.78, 5) is 10.9. The van der Waals surface area contributed by atoms with Crippen LogP contribution in [0.15, 0.2) is 0 Å². The Hall–Kier alpha value is -0.860. The third kappa shape index (κ3) is 9.11. The van der Waals surface area contributed by atoms with Crippen LogP contribution >= 0.6 is 0 Å². The van der Waals surface area contributed by atoms with Gasteiger partial charge in [0.2, 0.25) is 17.6 Å². The van der Waals surface area contributed by atoms with Crippen LogP contribution in [-0.2, 0) is 4.79 Å². The zero-order valence-corrected chi connectivity index (χ0v) is 11.7. The van der Waals surface area contributed by atoms with Gasteiger partial charge in [0.1, 0.15) is 0 Å². The first-order chi connectivity index (χ1) is 8.54. The minimum atomic E-state index is -2.91. The van der Waals surface area contributed by atoms with Crippen LogP contribution in [-0.4, -0.2) is 44.0 Å². The Morgan fingerprint density at radius 3 is 1.25 bits per heavy atom. The van der Waals surface area contributed by atoms with Crippen molar-refractivity contribution in [2.75, 3.05) is 0 Å². The van der Waals surface area contributed by atoms with E-state index < -0.39 is 54.6 Å². The molecule has 0 spiro atoms. The van der Waals surface area contributed by atoms with E-state index in [-0.39, 0.29) is 0 Å². The zero-order chi connectivity index (χ0) is 16.4. The summed E-state index contributed by atoms with van der Waals surface area (Å²) >= 11 is 0. The number of alkyl halides is 3. The molecule has 0 saturated heterocycles. The third-order valence-electron chi connectivity index (χ3n) is 2.62. The van der Waals surface area contributed by atoms with Gasteiger partial charge in [0, 0.05) is 19.3 Å². The van der Waals surface area contributed by atoms with Gasteiger partial charge in [-0.05, 0) is 26.2 Å². The molecule has 0 rings (SSSR count). The molecule has 0 aliphatic heterocycles. The average molecular weight is 302 g/mol. The first-order valence-electron chi connectivity index (χ1n) is 5.99. The molecule has 0 radical (unpaired) electrons. The maximum atomic E-state index is 13.4. The molecular formula is C12H21F3O5. The molecule has 3 atom stereocenters. The Bertz CT molecular complexity index is 298. The lowest BCUT2D eigenvalue weighted by molar-refractivity contribution is -0.182. The maximum Gasteiger partial charge on any atom is 0.303 e. The average Bonchev–Trinajstić information content (AvgIpc) is 1.86. The molecule has 0 aromatic rings. The van der Waals surface area contributed by atoms with Crippen molar-refractivity contribution in [2.24, 2.45) is 5.41 Å². The first kappa shape index (κ1) is 19.1. The number of aliphatic hydroxyl groups is 3. The number of carboxylic acids is 1. The number of halogens is 3. The predicted octanol–water partition coefficient (Wildman–Crippen LogP) is 1.65. The smallest absolute Gasteiger partial charge is 0.303 e. The summed E-state index contributed by atoms with van der Waals surface area (Å²) in [5.41, 5.74) is -2.00. The molecule has 0 amide bonds. The van der Waals surface area contributed by atoms with Gasteiger partial charge in [0.25, 0.3) is 0 Å². The van der Waals surface area contributed by atoms with Gasteiger partial charge in [-0.15, -0.1) is 0 Å². The van der Waals surface area contributed by atoms with E-state index in [1.54, 1.807) is 0 Å². The first-order valence-corrected chi connectivity index (χ1v) is 5.99. The summed E-state index contributed by atoms with van der Waals surface area (Å²) in [7, 11) is 0. The molecule has 0 aromatic heterocycles. The fourth-order valence-corrected chi connectivity index (χ4v) is 2.75. The Labute approximate surface area is 115 Å². The number of aliphatic carboxylic acids is 1. The highest BCUT2D eigenvalue weighted by Gasteiger charge is 2.48. The van der Waals surface area contributed by atoms with Crippen molar-refractivity contribution >= 4 is 5.97 Å². The Morgan fingerprint density at radius 1 is 0.850 bits per heavy atom. The number of hydrogen-bond donors (Lipinski definition) is 4. The van der Waals surface area contributed by atoms with Gasteiger partial charge in [-0.2, -0.15) is 0 Å². The summed E-state index contributed by atoms with van der Waals surface area (Å²) in [6.07, 6.45) is -3.78. The van der Waals surface area contributed by atoms with Crippen LogP contribution in [0.25, 0.3) is 0 Å². The minimum Gasteiger partial charge on any atom is -0.481 e. The van der Waals surface area contributed by atoms with Crippen LogP contribution < -0.4 is 0 Å². The third-order valence-corrected chi connectivity index (χ3v) is 2.62. The van der Waals surface area contributed by atoms with E-state index in [2.05, 4.69) is 0 Å². The van der Waals surface area contributed by atoms with Gasteiger partial charge in [-0.1, -0.05) is 0 Å². The molecule has 5 nitrogen and oxygen atoms in total. The largest absolute Gasteiger partial charge is 0.481 e. The molecule has 0 aliphatic rings. The Morgan fingerprint density at radius 2 is 1.10 bits per heavy atom. The second kappa shape index (κ2) is 5.87. The van der Waals surface area contributed by atoms with E-state index >= 15 is 0 Å². The van der Waals surface area contributed by atoms with Crippen LogP contribution in [0, 0.1) is 5.41 Å². The van der Waals surface area contributed by atoms with Crippen molar-refractivity contribution in [3.63, 3.8) is 0 Å². The lowest BCUT2D eigenvalue weighted by Gasteiger charge is -2.39. The molecule has 0 saturated carbocycles. The molecule has 8 heteroatoms. The number of carboxylic acid groups (broad SMARTS) is 1. The van der Waals surface area contributed by atoms with E-state index in [1.165, 1.54) is 0 Å². The lowest BCUT2D eigenvalue weighted by atomic mass is 9.70. The SMILES string of the molecule is C[C@@](O)(F)CC(CC(=O)O)(C[C@](C)(O)F)C[C@](C)(O)F. The molecule has 0 bridgehead atoms. The number of hydrogen-bond acceptors (Lipinski definition) is 4. The summed E-state index contributed by atoms with van der Waals surface area (Å²) < 4.78 is 40.3. The summed E-state index contributed by atoms with van der Waals surface area (Å²) in [5, 5.41) is 36.4. The van der Waals surface area contributed by atoms with Gasteiger partial charge < -0.3 is 20.4 Å². The summed E-state index contributed by atoms with van der Waals surface area (Å²) in [6, 6.07) is 0. The lowest BCUT2D eigenvalue weighted by Crippen LogP contribution is -2.42. The monoisotopic (exact) mass is 302 g/mol. The molecular weight excluding hydrogens is 281 g/mol. The number of rotatable bonds is 8. The standard InChI is InChI=1S/C12H21F3O5/c1-9(13,18)5-12(4-8(16)17,6-10(2,14)19)7-11(3,15)20/h18-20H,4-7H2,1-3H3,(H,16,17)/t9-,10-,11-/m0/s1.